The fraction of sp³-hybridized carbons (Fsp3) is 0.348. The Hall–Kier alpha value is -3.03. The van der Waals surface area contributed by atoms with E-state index in [1.807, 2.05) is 12.1 Å². The summed E-state index contributed by atoms with van der Waals surface area (Å²) in [5, 5.41) is 6.81. The van der Waals surface area contributed by atoms with Crippen LogP contribution in [-0.4, -0.2) is 65.1 Å². The Morgan fingerprint density at radius 2 is 1.73 bits per heavy atom. The van der Waals surface area contributed by atoms with Gasteiger partial charge >= 0.3 is 0 Å². The van der Waals surface area contributed by atoms with Gasteiger partial charge in [-0.3, -0.25) is 14.7 Å². The molecule has 1 saturated heterocycles. The van der Waals surface area contributed by atoms with Crippen molar-refractivity contribution < 1.29 is 9.32 Å². The molecule has 1 amide bonds. The van der Waals surface area contributed by atoms with Crippen LogP contribution in [0.1, 0.15) is 22.5 Å². The third-order valence-electron chi connectivity index (χ3n) is 5.36. The average Bonchev–Trinajstić information content (AvgIpc) is 3.30. The number of nitrogens with zero attached hydrogens (tertiary/aromatic N) is 4. The van der Waals surface area contributed by atoms with Crippen molar-refractivity contribution in [3.63, 3.8) is 0 Å². The van der Waals surface area contributed by atoms with Crippen molar-refractivity contribution in [3.05, 3.63) is 72.2 Å². The summed E-state index contributed by atoms with van der Waals surface area (Å²) in [4.78, 5) is 21.2. The van der Waals surface area contributed by atoms with Crippen LogP contribution in [0.2, 0.25) is 0 Å². The third-order valence-corrected chi connectivity index (χ3v) is 5.36. The molecule has 3 heterocycles. The third kappa shape index (κ3) is 5.52. The molecule has 7 heteroatoms. The van der Waals surface area contributed by atoms with E-state index in [1.54, 1.807) is 18.5 Å². The minimum absolute atomic E-state index is 0.202. The van der Waals surface area contributed by atoms with E-state index in [2.05, 4.69) is 55.6 Å². The van der Waals surface area contributed by atoms with E-state index in [4.69, 9.17) is 4.52 Å². The summed E-state index contributed by atoms with van der Waals surface area (Å²) < 4.78 is 5.27. The Labute approximate surface area is 176 Å². The number of nitrogens with one attached hydrogen (secondary N) is 1. The zero-order valence-electron chi connectivity index (χ0n) is 17.0. The molecule has 0 atom stereocenters. The highest BCUT2D eigenvalue weighted by molar-refractivity contribution is 5.93. The lowest BCUT2D eigenvalue weighted by molar-refractivity contribution is 0.0938. The van der Waals surface area contributed by atoms with Crippen LogP contribution in [0.5, 0.6) is 0 Å². The van der Waals surface area contributed by atoms with Crippen LogP contribution < -0.4 is 5.32 Å². The first kappa shape index (κ1) is 20.3. The van der Waals surface area contributed by atoms with Crippen LogP contribution in [0.3, 0.4) is 0 Å². The van der Waals surface area contributed by atoms with Crippen LogP contribution >= 0.6 is 0 Å². The molecule has 156 valence electrons. The van der Waals surface area contributed by atoms with E-state index in [-0.39, 0.29) is 5.91 Å². The second-order valence-corrected chi connectivity index (χ2v) is 7.53. The van der Waals surface area contributed by atoms with Gasteiger partial charge in [-0.05, 0) is 30.7 Å². The van der Waals surface area contributed by atoms with Gasteiger partial charge in [-0.1, -0.05) is 35.5 Å². The van der Waals surface area contributed by atoms with Gasteiger partial charge in [0.2, 0.25) is 0 Å². The highest BCUT2D eigenvalue weighted by atomic mass is 16.5. The molecule has 1 N–H and O–H groups in total. The van der Waals surface area contributed by atoms with Gasteiger partial charge in [0.25, 0.3) is 5.91 Å². The molecule has 0 bridgehead atoms. The summed E-state index contributed by atoms with van der Waals surface area (Å²) in [6, 6.07) is 15.9. The molecule has 0 spiro atoms. The number of rotatable bonds is 8. The summed E-state index contributed by atoms with van der Waals surface area (Å²) in [5.41, 5.74) is 2.52. The van der Waals surface area contributed by atoms with Gasteiger partial charge in [-0.25, -0.2) is 0 Å². The van der Waals surface area contributed by atoms with Gasteiger partial charge in [-0.2, -0.15) is 0 Å². The smallest absolute Gasteiger partial charge is 0.273 e. The fourth-order valence-corrected chi connectivity index (χ4v) is 3.64. The minimum atomic E-state index is -0.202. The zero-order valence-corrected chi connectivity index (χ0v) is 17.0. The molecule has 1 aliphatic heterocycles. The number of piperazine rings is 1. The first-order valence-electron chi connectivity index (χ1n) is 10.4. The monoisotopic (exact) mass is 405 g/mol. The molecule has 7 nitrogen and oxygen atoms in total. The van der Waals surface area contributed by atoms with Crippen LogP contribution in [0.15, 0.2) is 65.4 Å². The maximum Gasteiger partial charge on any atom is 0.273 e. The Morgan fingerprint density at radius 3 is 2.50 bits per heavy atom. The lowest BCUT2D eigenvalue weighted by Crippen LogP contribution is -2.46. The average molecular weight is 406 g/mol. The summed E-state index contributed by atoms with van der Waals surface area (Å²) in [6.07, 6.45) is 4.28. The van der Waals surface area contributed by atoms with Crippen LogP contribution in [0.25, 0.3) is 11.3 Å². The molecule has 0 aliphatic carbocycles. The predicted molar refractivity (Wildman–Crippen MR) is 115 cm³/mol. The molecule has 0 saturated carbocycles. The number of carbonyl (C=O) groups excluding carboxylic acids is 1. The van der Waals surface area contributed by atoms with E-state index >= 15 is 0 Å². The molecule has 1 aliphatic rings. The minimum Gasteiger partial charge on any atom is -0.355 e. The molecule has 2 aromatic heterocycles. The number of hydrogen-bond donors (Lipinski definition) is 1. The molecular weight excluding hydrogens is 378 g/mol. The van der Waals surface area contributed by atoms with E-state index in [0.29, 0.717) is 18.0 Å². The summed E-state index contributed by atoms with van der Waals surface area (Å²) in [6.45, 7) is 6.93. The summed E-state index contributed by atoms with van der Waals surface area (Å²) in [7, 11) is 0. The molecule has 1 fully saturated rings. The first-order valence-corrected chi connectivity index (χ1v) is 10.4. The van der Waals surface area contributed by atoms with Gasteiger partial charge in [0.1, 0.15) is 0 Å². The number of amides is 1. The van der Waals surface area contributed by atoms with Crippen LogP contribution in [0, 0.1) is 0 Å². The topological polar surface area (TPSA) is 74.5 Å². The molecule has 4 rings (SSSR count). The van der Waals surface area contributed by atoms with Crippen molar-refractivity contribution in [2.75, 3.05) is 39.3 Å². The number of hydrogen-bond acceptors (Lipinski definition) is 6. The maximum atomic E-state index is 12.3. The van der Waals surface area contributed by atoms with Gasteiger partial charge < -0.3 is 14.7 Å². The van der Waals surface area contributed by atoms with Crippen LogP contribution in [0.4, 0.5) is 0 Å². The largest absolute Gasteiger partial charge is 0.355 e. The quantitative estimate of drug-likeness (QED) is 0.581. The van der Waals surface area contributed by atoms with Crippen molar-refractivity contribution in [1.29, 1.82) is 0 Å². The van der Waals surface area contributed by atoms with Gasteiger partial charge in [0.15, 0.2) is 11.5 Å². The standard InChI is InChI=1S/C23H27N5O2/c29-23(21-17-22(30-26-21)20-7-10-24-11-8-20)25-9-4-12-27-13-15-28(16-14-27)18-19-5-2-1-3-6-19/h1-3,5-8,10-11,17H,4,9,12-16,18H2,(H,25,29). The van der Waals surface area contributed by atoms with E-state index in [0.717, 1.165) is 51.3 Å². The molecule has 0 unspecified atom stereocenters. The van der Waals surface area contributed by atoms with Crippen molar-refractivity contribution in [2.45, 2.75) is 13.0 Å². The van der Waals surface area contributed by atoms with Crippen molar-refractivity contribution in [2.24, 2.45) is 0 Å². The normalized spacial score (nSPS) is 15.2. The molecule has 0 radical (unpaired) electrons. The summed E-state index contributed by atoms with van der Waals surface area (Å²) in [5.74, 6) is 0.364. The van der Waals surface area contributed by atoms with Gasteiger partial charge in [0.05, 0.1) is 0 Å². The molecule has 30 heavy (non-hydrogen) atoms. The molecule has 3 aromatic rings. The fourth-order valence-electron chi connectivity index (χ4n) is 3.64. The number of carbonyl (C=O) groups is 1. The number of benzene rings is 1. The van der Waals surface area contributed by atoms with Crippen molar-refractivity contribution in [3.8, 4) is 11.3 Å². The second kappa shape index (κ2) is 10.1. The Kier molecular flexibility index (Phi) is 6.84. The van der Waals surface area contributed by atoms with E-state index in [1.165, 1.54) is 5.56 Å². The highest BCUT2D eigenvalue weighted by Gasteiger charge is 2.17. The van der Waals surface area contributed by atoms with Crippen molar-refractivity contribution in [1.82, 2.24) is 25.3 Å². The molecule has 1 aromatic carbocycles. The lowest BCUT2D eigenvalue weighted by atomic mass is 10.2. The second-order valence-electron chi connectivity index (χ2n) is 7.53. The van der Waals surface area contributed by atoms with E-state index < -0.39 is 0 Å². The SMILES string of the molecule is O=C(NCCCN1CCN(Cc2ccccc2)CC1)c1cc(-c2ccncc2)on1. The molecular formula is C23H27N5O2. The van der Waals surface area contributed by atoms with Gasteiger partial charge in [0, 0.05) is 63.3 Å². The first-order chi connectivity index (χ1) is 14.8. The summed E-state index contributed by atoms with van der Waals surface area (Å²) >= 11 is 0. The van der Waals surface area contributed by atoms with Crippen molar-refractivity contribution >= 4 is 5.91 Å². The number of aromatic nitrogens is 2. The highest BCUT2D eigenvalue weighted by Crippen LogP contribution is 2.19. The Balaban J connectivity index is 1.14. The van der Waals surface area contributed by atoms with Gasteiger partial charge in [-0.15, -0.1) is 0 Å². The maximum absolute atomic E-state index is 12.3. The Bertz CT molecular complexity index is 921. The zero-order chi connectivity index (χ0) is 20.6. The predicted octanol–water partition coefficient (Wildman–Crippen LogP) is 2.67. The Morgan fingerprint density at radius 1 is 1.00 bits per heavy atom. The lowest BCUT2D eigenvalue weighted by Gasteiger charge is -2.34. The van der Waals surface area contributed by atoms with Crippen LogP contribution in [-0.2, 0) is 6.54 Å². The van der Waals surface area contributed by atoms with E-state index in [9.17, 15) is 4.79 Å². The number of pyridine rings is 1.